The molecular formula is C16H26N2O4S. The molecule has 7 heteroatoms. The van der Waals surface area contributed by atoms with Crippen LogP contribution in [0.25, 0.3) is 0 Å². The van der Waals surface area contributed by atoms with E-state index in [1.165, 1.54) is 0 Å². The van der Waals surface area contributed by atoms with Gasteiger partial charge in [0.2, 0.25) is 10.0 Å². The lowest BCUT2D eigenvalue weighted by Crippen LogP contribution is -2.46. The van der Waals surface area contributed by atoms with E-state index in [4.69, 9.17) is 9.15 Å². The number of piperidine rings is 1. The Hall–Kier alpha value is -0.890. The Morgan fingerprint density at radius 2 is 2.26 bits per heavy atom. The summed E-state index contributed by atoms with van der Waals surface area (Å²) in [6.07, 6.45) is 2.77. The molecular weight excluding hydrogens is 316 g/mol. The van der Waals surface area contributed by atoms with Gasteiger partial charge >= 0.3 is 0 Å². The van der Waals surface area contributed by atoms with Crippen LogP contribution in [-0.2, 0) is 21.3 Å². The summed E-state index contributed by atoms with van der Waals surface area (Å²) in [4.78, 5) is 2.21. The molecule has 0 bridgehead atoms. The summed E-state index contributed by atoms with van der Waals surface area (Å²) < 4.78 is 37.1. The van der Waals surface area contributed by atoms with Gasteiger partial charge in [-0.2, -0.15) is 0 Å². The van der Waals surface area contributed by atoms with Crippen molar-refractivity contribution in [3.05, 3.63) is 24.2 Å². The summed E-state index contributed by atoms with van der Waals surface area (Å²) in [6, 6.07) is 3.87. The molecule has 3 rings (SSSR count). The second-order valence-electron chi connectivity index (χ2n) is 6.62. The Kier molecular flexibility index (Phi) is 5.10. The van der Waals surface area contributed by atoms with Crippen LogP contribution in [0.2, 0.25) is 0 Å². The normalized spacial score (nSPS) is 29.1. The molecule has 3 atom stereocenters. The van der Waals surface area contributed by atoms with Gasteiger partial charge in [-0.15, -0.1) is 0 Å². The lowest BCUT2D eigenvalue weighted by Gasteiger charge is -2.35. The van der Waals surface area contributed by atoms with Gasteiger partial charge in [0.05, 0.1) is 31.3 Å². The molecule has 1 aromatic heterocycles. The molecule has 0 unspecified atom stereocenters. The molecule has 3 heterocycles. The lowest BCUT2D eigenvalue weighted by atomic mass is 9.85. The first-order valence-corrected chi connectivity index (χ1v) is 9.91. The molecule has 0 spiro atoms. The van der Waals surface area contributed by atoms with E-state index < -0.39 is 10.0 Å². The van der Waals surface area contributed by atoms with Crippen molar-refractivity contribution in [3.63, 3.8) is 0 Å². The van der Waals surface area contributed by atoms with E-state index in [2.05, 4.69) is 11.9 Å². The molecule has 2 fully saturated rings. The number of sulfonamides is 1. The van der Waals surface area contributed by atoms with Crippen LogP contribution in [0.5, 0.6) is 0 Å². The number of nitrogens with zero attached hydrogens (tertiary/aromatic N) is 2. The van der Waals surface area contributed by atoms with Gasteiger partial charge in [-0.05, 0) is 38.4 Å². The average Bonchev–Trinajstić information content (AvgIpc) is 3.17. The minimum absolute atomic E-state index is 0.181. The highest BCUT2D eigenvalue weighted by Crippen LogP contribution is 2.35. The SMILES string of the molecule is CCS(=O)(=O)N1CC[C@@H]2[C@@H](CO[C@H]2CN(C)Cc2ccco2)C1. The summed E-state index contributed by atoms with van der Waals surface area (Å²) >= 11 is 0. The Bertz CT molecular complexity index is 602. The quantitative estimate of drug-likeness (QED) is 0.782. The van der Waals surface area contributed by atoms with Crippen molar-refractivity contribution >= 4 is 10.0 Å². The molecule has 2 aliphatic rings. The van der Waals surface area contributed by atoms with Crippen molar-refractivity contribution in [1.82, 2.24) is 9.21 Å². The fraction of sp³-hybridized carbons (Fsp3) is 0.750. The van der Waals surface area contributed by atoms with Gasteiger partial charge in [0.15, 0.2) is 0 Å². The predicted molar refractivity (Wildman–Crippen MR) is 87.4 cm³/mol. The molecule has 23 heavy (non-hydrogen) atoms. The van der Waals surface area contributed by atoms with Crippen molar-refractivity contribution in [1.29, 1.82) is 0 Å². The number of rotatable bonds is 6. The first-order chi connectivity index (χ1) is 11.0. The number of hydrogen-bond acceptors (Lipinski definition) is 5. The zero-order valence-electron chi connectivity index (χ0n) is 13.8. The van der Waals surface area contributed by atoms with Crippen LogP contribution in [0.15, 0.2) is 22.8 Å². The Labute approximate surface area is 138 Å². The summed E-state index contributed by atoms with van der Waals surface area (Å²) in [5, 5.41) is 0. The highest BCUT2D eigenvalue weighted by Gasteiger charge is 2.43. The van der Waals surface area contributed by atoms with E-state index in [0.29, 0.717) is 31.5 Å². The molecule has 0 aromatic carbocycles. The van der Waals surface area contributed by atoms with Crippen LogP contribution in [0.3, 0.4) is 0 Å². The second-order valence-corrected chi connectivity index (χ2v) is 8.88. The number of hydrogen-bond donors (Lipinski definition) is 0. The maximum absolute atomic E-state index is 12.0. The summed E-state index contributed by atoms with van der Waals surface area (Å²) in [5.41, 5.74) is 0. The van der Waals surface area contributed by atoms with E-state index >= 15 is 0 Å². The molecule has 1 aromatic rings. The fourth-order valence-corrected chi connectivity index (χ4v) is 4.88. The smallest absolute Gasteiger partial charge is 0.213 e. The molecule has 2 aliphatic heterocycles. The molecule has 0 N–H and O–H groups in total. The molecule has 0 radical (unpaired) electrons. The third-order valence-electron chi connectivity index (χ3n) is 5.01. The topological polar surface area (TPSA) is 63.0 Å². The van der Waals surface area contributed by atoms with E-state index in [1.54, 1.807) is 17.5 Å². The van der Waals surface area contributed by atoms with Gasteiger partial charge in [-0.3, -0.25) is 4.90 Å². The molecule has 0 aliphatic carbocycles. The summed E-state index contributed by atoms with van der Waals surface area (Å²) in [5.74, 6) is 1.91. The zero-order valence-corrected chi connectivity index (χ0v) is 14.7. The zero-order chi connectivity index (χ0) is 16.4. The van der Waals surface area contributed by atoms with Gasteiger partial charge in [0.1, 0.15) is 5.76 Å². The van der Waals surface area contributed by atoms with Crippen LogP contribution in [-0.4, -0.2) is 62.8 Å². The van der Waals surface area contributed by atoms with E-state index in [9.17, 15) is 8.42 Å². The maximum atomic E-state index is 12.0. The Morgan fingerprint density at radius 1 is 1.43 bits per heavy atom. The largest absolute Gasteiger partial charge is 0.468 e. The minimum Gasteiger partial charge on any atom is -0.468 e. The highest BCUT2D eigenvalue weighted by molar-refractivity contribution is 7.89. The lowest BCUT2D eigenvalue weighted by molar-refractivity contribution is 0.0557. The van der Waals surface area contributed by atoms with Gasteiger partial charge in [-0.1, -0.05) is 0 Å². The van der Waals surface area contributed by atoms with Gasteiger partial charge in [0, 0.05) is 25.6 Å². The minimum atomic E-state index is -3.08. The van der Waals surface area contributed by atoms with Crippen LogP contribution < -0.4 is 0 Å². The van der Waals surface area contributed by atoms with Gasteiger partial charge in [-0.25, -0.2) is 12.7 Å². The van der Waals surface area contributed by atoms with Crippen LogP contribution >= 0.6 is 0 Å². The Morgan fingerprint density at radius 3 is 2.96 bits per heavy atom. The third kappa shape index (κ3) is 3.79. The van der Waals surface area contributed by atoms with Crippen LogP contribution in [0.1, 0.15) is 19.1 Å². The van der Waals surface area contributed by atoms with Crippen molar-refractivity contribution in [3.8, 4) is 0 Å². The Balaban J connectivity index is 1.55. The van der Waals surface area contributed by atoms with E-state index in [0.717, 1.165) is 25.3 Å². The molecule has 6 nitrogen and oxygen atoms in total. The first kappa shape index (κ1) is 17.0. The third-order valence-corrected chi connectivity index (χ3v) is 6.86. The summed E-state index contributed by atoms with van der Waals surface area (Å²) in [7, 11) is -1.01. The standard InChI is InChI=1S/C16H26N2O4S/c1-3-23(19,20)18-7-6-15-13(9-18)12-22-16(15)11-17(2)10-14-5-4-8-21-14/h4-5,8,13,15-16H,3,6-7,9-12H2,1-2H3/t13-,15-,16+/m1/s1. The van der Waals surface area contributed by atoms with Crippen molar-refractivity contribution < 1.29 is 17.6 Å². The van der Waals surface area contributed by atoms with Crippen LogP contribution in [0, 0.1) is 11.8 Å². The van der Waals surface area contributed by atoms with E-state index in [-0.39, 0.29) is 11.9 Å². The second kappa shape index (κ2) is 6.93. The first-order valence-electron chi connectivity index (χ1n) is 8.30. The summed E-state index contributed by atoms with van der Waals surface area (Å²) in [6.45, 7) is 5.22. The van der Waals surface area contributed by atoms with Gasteiger partial charge < -0.3 is 9.15 Å². The molecule has 2 saturated heterocycles. The fourth-order valence-electron chi connectivity index (χ4n) is 3.72. The predicted octanol–water partition coefficient (Wildman–Crippen LogP) is 1.40. The highest BCUT2D eigenvalue weighted by atomic mass is 32.2. The van der Waals surface area contributed by atoms with E-state index in [1.807, 2.05) is 12.1 Å². The van der Waals surface area contributed by atoms with Crippen molar-refractivity contribution in [2.24, 2.45) is 11.8 Å². The average molecular weight is 342 g/mol. The number of likely N-dealkylation sites (N-methyl/N-ethyl adjacent to an activating group) is 1. The van der Waals surface area contributed by atoms with Gasteiger partial charge in [0.25, 0.3) is 0 Å². The molecule has 0 saturated carbocycles. The number of fused-ring (bicyclic) bond motifs is 1. The number of furan rings is 1. The monoisotopic (exact) mass is 342 g/mol. The molecule has 0 amide bonds. The van der Waals surface area contributed by atoms with Crippen molar-refractivity contribution in [2.45, 2.75) is 26.0 Å². The van der Waals surface area contributed by atoms with Crippen LogP contribution in [0.4, 0.5) is 0 Å². The maximum Gasteiger partial charge on any atom is 0.213 e. The molecule has 130 valence electrons. The van der Waals surface area contributed by atoms with Crippen molar-refractivity contribution in [2.75, 3.05) is 39.0 Å². The number of ether oxygens (including phenoxy) is 1.